The summed E-state index contributed by atoms with van der Waals surface area (Å²) in [6.45, 7) is 7.07. The van der Waals surface area contributed by atoms with Crippen LogP contribution in [0.3, 0.4) is 0 Å². The van der Waals surface area contributed by atoms with Crippen LogP contribution >= 0.6 is 0 Å². The van der Waals surface area contributed by atoms with Crippen molar-refractivity contribution in [3.05, 3.63) is 29.6 Å². The second kappa shape index (κ2) is 8.19. The van der Waals surface area contributed by atoms with Crippen molar-refractivity contribution in [1.29, 1.82) is 0 Å². The standard InChI is InChI=1S/C14H26N4/c1-5-15-11-13-7-6-8-16-14(13)12-18(4)10-9-17(2)3/h6-8,15H,5,9-12H2,1-4H3. The molecule has 0 atom stereocenters. The Bertz CT molecular complexity index is 338. The van der Waals surface area contributed by atoms with E-state index in [0.29, 0.717) is 0 Å². The molecule has 0 radical (unpaired) electrons. The Morgan fingerprint density at radius 2 is 2.00 bits per heavy atom. The van der Waals surface area contributed by atoms with Gasteiger partial charge in [0.2, 0.25) is 0 Å². The van der Waals surface area contributed by atoms with E-state index in [0.717, 1.165) is 32.7 Å². The smallest absolute Gasteiger partial charge is 0.0588 e. The molecule has 1 rings (SSSR count). The van der Waals surface area contributed by atoms with Gasteiger partial charge in [-0.15, -0.1) is 0 Å². The Morgan fingerprint density at radius 1 is 1.22 bits per heavy atom. The molecule has 4 heteroatoms. The van der Waals surface area contributed by atoms with Crippen molar-refractivity contribution >= 4 is 0 Å². The third-order valence-corrected chi connectivity index (χ3v) is 2.90. The van der Waals surface area contributed by atoms with Crippen LogP contribution in [0.2, 0.25) is 0 Å². The summed E-state index contributed by atoms with van der Waals surface area (Å²) in [5.41, 5.74) is 2.48. The van der Waals surface area contributed by atoms with E-state index in [2.05, 4.69) is 54.2 Å². The zero-order valence-electron chi connectivity index (χ0n) is 12.1. The third kappa shape index (κ3) is 5.58. The van der Waals surface area contributed by atoms with Crippen molar-refractivity contribution in [3.63, 3.8) is 0 Å². The van der Waals surface area contributed by atoms with Gasteiger partial charge in [0, 0.05) is 32.4 Å². The molecule has 0 saturated carbocycles. The highest BCUT2D eigenvalue weighted by molar-refractivity contribution is 5.19. The van der Waals surface area contributed by atoms with Gasteiger partial charge in [-0.2, -0.15) is 0 Å². The summed E-state index contributed by atoms with van der Waals surface area (Å²) in [6, 6.07) is 4.17. The lowest BCUT2D eigenvalue weighted by molar-refractivity contribution is 0.273. The molecule has 0 amide bonds. The van der Waals surface area contributed by atoms with Gasteiger partial charge in [-0.1, -0.05) is 13.0 Å². The van der Waals surface area contributed by atoms with Gasteiger partial charge in [-0.05, 0) is 39.3 Å². The highest BCUT2D eigenvalue weighted by Crippen LogP contribution is 2.07. The van der Waals surface area contributed by atoms with E-state index in [-0.39, 0.29) is 0 Å². The Morgan fingerprint density at radius 3 is 2.67 bits per heavy atom. The van der Waals surface area contributed by atoms with Crippen LogP contribution in [-0.4, -0.2) is 55.6 Å². The van der Waals surface area contributed by atoms with Gasteiger partial charge in [-0.25, -0.2) is 0 Å². The molecule has 0 bridgehead atoms. The van der Waals surface area contributed by atoms with Crippen molar-refractivity contribution in [2.45, 2.75) is 20.0 Å². The van der Waals surface area contributed by atoms with Crippen LogP contribution in [0.5, 0.6) is 0 Å². The van der Waals surface area contributed by atoms with Crippen LogP contribution in [-0.2, 0) is 13.1 Å². The SMILES string of the molecule is CCNCc1cccnc1CN(C)CCN(C)C. The average molecular weight is 250 g/mol. The van der Waals surface area contributed by atoms with Gasteiger partial charge in [0.1, 0.15) is 0 Å². The average Bonchev–Trinajstić information content (AvgIpc) is 2.35. The lowest BCUT2D eigenvalue weighted by atomic mass is 10.2. The van der Waals surface area contributed by atoms with E-state index in [1.807, 2.05) is 12.3 Å². The highest BCUT2D eigenvalue weighted by Gasteiger charge is 2.06. The fraction of sp³-hybridized carbons (Fsp3) is 0.643. The summed E-state index contributed by atoms with van der Waals surface area (Å²) >= 11 is 0. The van der Waals surface area contributed by atoms with E-state index < -0.39 is 0 Å². The minimum atomic E-state index is 0.904. The molecule has 0 unspecified atom stereocenters. The van der Waals surface area contributed by atoms with Crippen LogP contribution < -0.4 is 5.32 Å². The largest absolute Gasteiger partial charge is 0.313 e. The lowest BCUT2D eigenvalue weighted by Crippen LogP contribution is -2.29. The first-order valence-electron chi connectivity index (χ1n) is 6.60. The first kappa shape index (κ1) is 15.1. The maximum absolute atomic E-state index is 4.50. The summed E-state index contributed by atoms with van der Waals surface area (Å²) in [5.74, 6) is 0. The van der Waals surface area contributed by atoms with Crippen molar-refractivity contribution in [1.82, 2.24) is 20.1 Å². The summed E-state index contributed by atoms with van der Waals surface area (Å²) in [5, 5.41) is 3.36. The number of pyridine rings is 1. The minimum absolute atomic E-state index is 0.904. The predicted molar refractivity (Wildman–Crippen MR) is 76.5 cm³/mol. The quantitative estimate of drug-likeness (QED) is 0.751. The monoisotopic (exact) mass is 250 g/mol. The second-order valence-electron chi connectivity index (χ2n) is 4.93. The molecule has 1 aromatic heterocycles. The second-order valence-corrected chi connectivity index (χ2v) is 4.93. The number of nitrogens with one attached hydrogen (secondary N) is 1. The molecule has 0 aliphatic heterocycles. The fourth-order valence-electron chi connectivity index (χ4n) is 1.74. The zero-order valence-corrected chi connectivity index (χ0v) is 12.1. The molecule has 0 spiro atoms. The summed E-state index contributed by atoms with van der Waals surface area (Å²) in [4.78, 5) is 9.02. The van der Waals surface area contributed by atoms with Crippen LogP contribution in [0.25, 0.3) is 0 Å². The molecule has 0 aromatic carbocycles. The van der Waals surface area contributed by atoms with Crippen molar-refractivity contribution < 1.29 is 0 Å². The van der Waals surface area contributed by atoms with Crippen LogP contribution in [0.15, 0.2) is 18.3 Å². The van der Waals surface area contributed by atoms with E-state index in [1.165, 1.54) is 11.3 Å². The minimum Gasteiger partial charge on any atom is -0.313 e. The normalized spacial score (nSPS) is 11.4. The zero-order chi connectivity index (χ0) is 13.4. The molecule has 102 valence electrons. The van der Waals surface area contributed by atoms with Crippen molar-refractivity contribution in [3.8, 4) is 0 Å². The van der Waals surface area contributed by atoms with Crippen LogP contribution in [0.4, 0.5) is 0 Å². The van der Waals surface area contributed by atoms with E-state index in [9.17, 15) is 0 Å². The third-order valence-electron chi connectivity index (χ3n) is 2.90. The summed E-state index contributed by atoms with van der Waals surface area (Å²) in [7, 11) is 6.35. The Kier molecular flexibility index (Phi) is 6.86. The molecule has 1 aromatic rings. The number of rotatable bonds is 8. The topological polar surface area (TPSA) is 31.4 Å². The summed E-state index contributed by atoms with van der Waals surface area (Å²) < 4.78 is 0. The lowest BCUT2D eigenvalue weighted by Gasteiger charge is -2.20. The fourth-order valence-corrected chi connectivity index (χ4v) is 1.74. The molecule has 0 aliphatic carbocycles. The van der Waals surface area contributed by atoms with Gasteiger partial charge in [-0.3, -0.25) is 9.88 Å². The molecular weight excluding hydrogens is 224 g/mol. The molecule has 0 saturated heterocycles. The maximum Gasteiger partial charge on any atom is 0.0588 e. The number of likely N-dealkylation sites (N-methyl/N-ethyl adjacent to an activating group) is 2. The number of hydrogen-bond acceptors (Lipinski definition) is 4. The maximum atomic E-state index is 4.50. The van der Waals surface area contributed by atoms with Crippen LogP contribution in [0, 0.1) is 0 Å². The van der Waals surface area contributed by atoms with Gasteiger partial charge < -0.3 is 10.2 Å². The number of aromatic nitrogens is 1. The molecule has 0 aliphatic rings. The van der Waals surface area contributed by atoms with Gasteiger partial charge in [0.05, 0.1) is 5.69 Å². The molecule has 4 nitrogen and oxygen atoms in total. The Labute approximate surface area is 111 Å². The molecule has 0 fully saturated rings. The van der Waals surface area contributed by atoms with Crippen LogP contribution in [0.1, 0.15) is 18.2 Å². The molecule has 1 heterocycles. The van der Waals surface area contributed by atoms with E-state index in [1.54, 1.807) is 0 Å². The first-order chi connectivity index (χ1) is 8.63. The van der Waals surface area contributed by atoms with Crippen molar-refractivity contribution in [2.75, 3.05) is 40.8 Å². The van der Waals surface area contributed by atoms with Crippen molar-refractivity contribution in [2.24, 2.45) is 0 Å². The Balaban J connectivity index is 2.54. The molecule has 1 N–H and O–H groups in total. The summed E-state index contributed by atoms with van der Waals surface area (Å²) in [6.07, 6.45) is 1.88. The molecule has 18 heavy (non-hydrogen) atoms. The van der Waals surface area contributed by atoms with E-state index in [4.69, 9.17) is 0 Å². The number of hydrogen-bond donors (Lipinski definition) is 1. The van der Waals surface area contributed by atoms with Gasteiger partial charge in [0.25, 0.3) is 0 Å². The van der Waals surface area contributed by atoms with Gasteiger partial charge >= 0.3 is 0 Å². The predicted octanol–water partition coefficient (Wildman–Crippen LogP) is 1.18. The van der Waals surface area contributed by atoms with E-state index >= 15 is 0 Å². The number of nitrogens with zero attached hydrogens (tertiary/aromatic N) is 3. The Hall–Kier alpha value is -0.970. The highest BCUT2D eigenvalue weighted by atomic mass is 15.2. The molecular formula is C14H26N4. The van der Waals surface area contributed by atoms with Gasteiger partial charge in [0.15, 0.2) is 0 Å². The first-order valence-corrected chi connectivity index (χ1v) is 6.60.